The third-order valence-electron chi connectivity index (χ3n) is 3.65. The summed E-state index contributed by atoms with van der Waals surface area (Å²) in [7, 11) is 1.97. The largest absolute Gasteiger partial charge is 0.313 e. The molecule has 0 saturated carbocycles. The number of carbonyl (C=O) groups is 1. The van der Waals surface area contributed by atoms with Crippen LogP contribution in [0.3, 0.4) is 0 Å². The van der Waals surface area contributed by atoms with Gasteiger partial charge in [0.2, 0.25) is 0 Å². The summed E-state index contributed by atoms with van der Waals surface area (Å²) in [5.41, 5.74) is 4.10. The Morgan fingerprint density at radius 2 is 1.95 bits per heavy atom. The number of nitrogens with one attached hydrogen (secondary N) is 1. The van der Waals surface area contributed by atoms with E-state index in [9.17, 15) is 4.79 Å². The SMILES string of the molecule is CNC(CCC(C)=O)c1cc(C(C)(C)C)ccc1C. The number of rotatable bonds is 5. The van der Waals surface area contributed by atoms with Crippen molar-refractivity contribution in [2.45, 2.75) is 58.9 Å². The molecule has 1 unspecified atom stereocenters. The molecule has 0 spiro atoms. The lowest BCUT2D eigenvalue weighted by atomic mass is 9.83. The zero-order valence-corrected chi connectivity index (χ0v) is 13.1. The Kier molecular flexibility index (Phi) is 5.30. The molecule has 1 aromatic rings. The summed E-state index contributed by atoms with van der Waals surface area (Å²) in [6.07, 6.45) is 1.49. The van der Waals surface area contributed by atoms with Crippen molar-refractivity contribution in [3.63, 3.8) is 0 Å². The van der Waals surface area contributed by atoms with Gasteiger partial charge in [-0.15, -0.1) is 0 Å². The second-order valence-corrected chi connectivity index (χ2v) is 6.40. The lowest BCUT2D eigenvalue weighted by molar-refractivity contribution is -0.117. The van der Waals surface area contributed by atoms with E-state index in [1.54, 1.807) is 6.92 Å². The van der Waals surface area contributed by atoms with Crippen molar-refractivity contribution in [3.8, 4) is 0 Å². The minimum Gasteiger partial charge on any atom is -0.313 e. The number of aryl methyl sites for hydroxylation is 1. The average molecular weight is 261 g/mol. The van der Waals surface area contributed by atoms with E-state index in [0.717, 1.165) is 6.42 Å². The molecule has 0 aliphatic rings. The molecule has 0 heterocycles. The van der Waals surface area contributed by atoms with Crippen LogP contribution in [-0.2, 0) is 10.2 Å². The Labute approximate surface area is 117 Å². The molecule has 1 atom stereocenters. The standard InChI is InChI=1S/C17H27NO/c1-12-7-9-14(17(3,4)5)11-15(12)16(18-6)10-8-13(2)19/h7,9,11,16,18H,8,10H2,1-6H3. The fraction of sp³-hybridized carbons (Fsp3) is 0.588. The number of hydrogen-bond donors (Lipinski definition) is 1. The number of carbonyl (C=O) groups excluding carboxylic acids is 1. The summed E-state index contributed by atoms with van der Waals surface area (Å²) in [5, 5.41) is 3.34. The first-order chi connectivity index (χ1) is 8.75. The Morgan fingerprint density at radius 3 is 2.42 bits per heavy atom. The van der Waals surface area contributed by atoms with Crippen molar-refractivity contribution in [2.24, 2.45) is 0 Å². The van der Waals surface area contributed by atoms with Gasteiger partial charge in [-0.3, -0.25) is 0 Å². The van der Waals surface area contributed by atoms with Crippen LogP contribution in [0.1, 0.15) is 63.3 Å². The van der Waals surface area contributed by atoms with Crippen LogP contribution in [0, 0.1) is 6.92 Å². The predicted molar refractivity (Wildman–Crippen MR) is 81.6 cm³/mol. The van der Waals surface area contributed by atoms with E-state index in [0.29, 0.717) is 6.42 Å². The first kappa shape index (κ1) is 15.9. The molecule has 0 aromatic heterocycles. The molecule has 0 aliphatic carbocycles. The summed E-state index contributed by atoms with van der Waals surface area (Å²) in [6, 6.07) is 6.94. The van der Waals surface area contributed by atoms with E-state index < -0.39 is 0 Å². The van der Waals surface area contributed by atoms with Crippen LogP contribution in [0.5, 0.6) is 0 Å². The third-order valence-corrected chi connectivity index (χ3v) is 3.65. The molecule has 2 heteroatoms. The topological polar surface area (TPSA) is 29.1 Å². The molecule has 19 heavy (non-hydrogen) atoms. The van der Waals surface area contributed by atoms with Crippen LogP contribution in [0.2, 0.25) is 0 Å². The number of benzene rings is 1. The first-order valence-corrected chi connectivity index (χ1v) is 7.03. The molecule has 1 aromatic carbocycles. The zero-order valence-electron chi connectivity index (χ0n) is 13.1. The highest BCUT2D eigenvalue weighted by molar-refractivity contribution is 5.75. The minimum absolute atomic E-state index is 0.154. The van der Waals surface area contributed by atoms with Gasteiger partial charge < -0.3 is 10.1 Å². The van der Waals surface area contributed by atoms with Crippen molar-refractivity contribution >= 4 is 5.78 Å². The second-order valence-electron chi connectivity index (χ2n) is 6.40. The van der Waals surface area contributed by atoms with Gasteiger partial charge in [-0.25, -0.2) is 0 Å². The van der Waals surface area contributed by atoms with Crippen molar-refractivity contribution in [1.82, 2.24) is 5.32 Å². The normalized spacial score (nSPS) is 13.4. The van der Waals surface area contributed by atoms with Crippen LogP contribution in [-0.4, -0.2) is 12.8 Å². The lowest BCUT2D eigenvalue weighted by Crippen LogP contribution is -2.20. The van der Waals surface area contributed by atoms with Gasteiger partial charge in [0.25, 0.3) is 0 Å². The van der Waals surface area contributed by atoms with Gasteiger partial charge in [0, 0.05) is 12.5 Å². The number of hydrogen-bond acceptors (Lipinski definition) is 2. The van der Waals surface area contributed by atoms with Gasteiger partial charge in [-0.1, -0.05) is 39.0 Å². The molecular formula is C17H27NO. The van der Waals surface area contributed by atoms with Crippen molar-refractivity contribution in [1.29, 1.82) is 0 Å². The van der Waals surface area contributed by atoms with Gasteiger partial charge in [-0.05, 0) is 49.4 Å². The molecule has 0 bridgehead atoms. The van der Waals surface area contributed by atoms with E-state index in [4.69, 9.17) is 0 Å². The lowest BCUT2D eigenvalue weighted by Gasteiger charge is -2.24. The zero-order chi connectivity index (χ0) is 14.6. The summed E-state index contributed by atoms with van der Waals surface area (Å²) < 4.78 is 0. The van der Waals surface area contributed by atoms with Gasteiger partial charge >= 0.3 is 0 Å². The molecule has 0 amide bonds. The summed E-state index contributed by atoms with van der Waals surface area (Å²) >= 11 is 0. The fourth-order valence-corrected chi connectivity index (χ4v) is 2.29. The van der Waals surface area contributed by atoms with Gasteiger partial charge in [0.15, 0.2) is 0 Å². The Bertz CT molecular complexity index is 443. The number of ketones is 1. The van der Waals surface area contributed by atoms with E-state index in [1.807, 2.05) is 7.05 Å². The van der Waals surface area contributed by atoms with Crippen LogP contribution in [0.25, 0.3) is 0 Å². The van der Waals surface area contributed by atoms with Gasteiger partial charge in [-0.2, -0.15) is 0 Å². The molecule has 1 rings (SSSR count). The maximum atomic E-state index is 11.2. The van der Waals surface area contributed by atoms with E-state index in [-0.39, 0.29) is 17.2 Å². The fourth-order valence-electron chi connectivity index (χ4n) is 2.29. The highest BCUT2D eigenvalue weighted by atomic mass is 16.1. The van der Waals surface area contributed by atoms with Gasteiger partial charge in [0.1, 0.15) is 5.78 Å². The van der Waals surface area contributed by atoms with Crippen LogP contribution < -0.4 is 5.32 Å². The summed E-state index contributed by atoms with van der Waals surface area (Å²) in [5.74, 6) is 0.255. The molecule has 0 fully saturated rings. The summed E-state index contributed by atoms with van der Waals surface area (Å²) in [6.45, 7) is 10.5. The second kappa shape index (κ2) is 6.33. The Balaban J connectivity index is 3.05. The molecular weight excluding hydrogens is 234 g/mol. The van der Waals surface area contributed by atoms with E-state index in [2.05, 4.69) is 51.2 Å². The molecule has 2 nitrogen and oxygen atoms in total. The van der Waals surface area contributed by atoms with Crippen molar-refractivity contribution < 1.29 is 4.79 Å². The number of Topliss-reactive ketones (excluding diaryl/α,β-unsaturated/α-hetero) is 1. The monoisotopic (exact) mass is 261 g/mol. The van der Waals surface area contributed by atoms with Crippen LogP contribution >= 0.6 is 0 Å². The average Bonchev–Trinajstić information content (AvgIpc) is 2.30. The highest BCUT2D eigenvalue weighted by Crippen LogP contribution is 2.29. The van der Waals surface area contributed by atoms with Crippen LogP contribution in [0.4, 0.5) is 0 Å². The third kappa shape index (κ3) is 4.46. The van der Waals surface area contributed by atoms with Crippen molar-refractivity contribution in [2.75, 3.05) is 7.05 Å². The van der Waals surface area contributed by atoms with Gasteiger partial charge in [0.05, 0.1) is 0 Å². The minimum atomic E-state index is 0.154. The molecule has 1 N–H and O–H groups in total. The summed E-state index contributed by atoms with van der Waals surface area (Å²) in [4.78, 5) is 11.2. The molecule has 0 radical (unpaired) electrons. The van der Waals surface area contributed by atoms with E-state index >= 15 is 0 Å². The Hall–Kier alpha value is -1.15. The van der Waals surface area contributed by atoms with Crippen molar-refractivity contribution in [3.05, 3.63) is 34.9 Å². The highest BCUT2D eigenvalue weighted by Gasteiger charge is 2.18. The van der Waals surface area contributed by atoms with Crippen LogP contribution in [0.15, 0.2) is 18.2 Å². The first-order valence-electron chi connectivity index (χ1n) is 7.03. The Morgan fingerprint density at radius 1 is 1.32 bits per heavy atom. The molecule has 0 saturated heterocycles. The maximum absolute atomic E-state index is 11.2. The molecule has 106 valence electrons. The molecule has 0 aliphatic heterocycles. The maximum Gasteiger partial charge on any atom is 0.129 e. The van der Waals surface area contributed by atoms with E-state index in [1.165, 1.54) is 16.7 Å². The quantitative estimate of drug-likeness (QED) is 0.870. The smallest absolute Gasteiger partial charge is 0.129 e. The predicted octanol–water partition coefficient (Wildman–Crippen LogP) is 3.92.